The number of aromatic nitrogens is 2. The van der Waals surface area contributed by atoms with E-state index < -0.39 is 5.91 Å². The van der Waals surface area contributed by atoms with Gasteiger partial charge in [0.15, 0.2) is 0 Å². The van der Waals surface area contributed by atoms with Crippen molar-refractivity contribution in [3.63, 3.8) is 0 Å². The molecule has 1 amide bonds. The molecule has 5 rings (SSSR count). The Morgan fingerprint density at radius 2 is 1.97 bits per heavy atom. The fourth-order valence-corrected chi connectivity index (χ4v) is 5.07. The predicted molar refractivity (Wildman–Crippen MR) is 149 cm³/mol. The molecule has 2 aromatic heterocycles. The molecule has 4 aromatic rings. The molecule has 9 heteroatoms. The number of unbranched alkanes of at least 4 members (excludes halogenated alkanes) is 1. The smallest absolute Gasteiger partial charge is 0.248 e. The van der Waals surface area contributed by atoms with Crippen LogP contribution in [0.5, 0.6) is 0 Å². The first kappa shape index (κ1) is 25.9. The van der Waals surface area contributed by atoms with Crippen LogP contribution in [0, 0.1) is 11.3 Å². The number of nitriles is 1. The van der Waals surface area contributed by atoms with Crippen molar-refractivity contribution in [2.24, 2.45) is 5.73 Å². The van der Waals surface area contributed by atoms with Gasteiger partial charge in [-0.2, -0.15) is 5.26 Å². The maximum Gasteiger partial charge on any atom is 0.248 e. The second kappa shape index (κ2) is 11.7. The second-order valence-corrected chi connectivity index (χ2v) is 9.97. The largest absolute Gasteiger partial charge is 0.375 e. The van der Waals surface area contributed by atoms with Gasteiger partial charge in [0.25, 0.3) is 0 Å². The van der Waals surface area contributed by atoms with E-state index in [0.29, 0.717) is 23.6 Å². The zero-order valence-electron chi connectivity index (χ0n) is 21.0. The molecule has 0 saturated carbocycles. The van der Waals surface area contributed by atoms with Crippen LogP contribution in [0.25, 0.3) is 21.7 Å². The molecule has 3 heterocycles. The number of rotatable bonds is 11. The van der Waals surface area contributed by atoms with E-state index in [1.54, 1.807) is 18.3 Å². The molecule has 38 heavy (non-hydrogen) atoms. The van der Waals surface area contributed by atoms with Crippen LogP contribution in [0.3, 0.4) is 0 Å². The number of pyridine rings is 2. The highest BCUT2D eigenvalue weighted by molar-refractivity contribution is 6.30. The second-order valence-electron chi connectivity index (χ2n) is 9.54. The number of nitrogens with zero attached hydrogens (tertiary/aromatic N) is 4. The zero-order chi connectivity index (χ0) is 26.5. The Hall–Kier alpha value is -3.77. The lowest BCUT2D eigenvalue weighted by molar-refractivity contribution is 0.0321. The molecule has 0 spiro atoms. The van der Waals surface area contributed by atoms with Crippen molar-refractivity contribution in [2.75, 3.05) is 31.1 Å². The summed E-state index contributed by atoms with van der Waals surface area (Å²) in [7, 11) is 0. The molecule has 8 nitrogen and oxygen atoms in total. The fraction of sp³-hybridized carbons (Fsp3) is 0.310. The molecule has 1 fully saturated rings. The molecule has 1 aliphatic heterocycles. The molecule has 0 atom stereocenters. The van der Waals surface area contributed by atoms with Gasteiger partial charge in [0.1, 0.15) is 5.82 Å². The summed E-state index contributed by atoms with van der Waals surface area (Å²) in [5.41, 5.74) is 8.68. The number of carbonyl (C=O) groups is 1. The van der Waals surface area contributed by atoms with Crippen LogP contribution < -0.4 is 16.0 Å². The molecular formula is C29H29ClN6O2. The lowest BCUT2D eigenvalue weighted by Gasteiger charge is -2.40. The number of anilines is 1. The average Bonchev–Trinajstić information content (AvgIpc) is 2.88. The molecule has 0 aliphatic carbocycles. The highest BCUT2D eigenvalue weighted by Gasteiger charge is 2.30. The summed E-state index contributed by atoms with van der Waals surface area (Å²) >= 11 is 6.16. The normalized spacial score (nSPS) is 13.5. The summed E-state index contributed by atoms with van der Waals surface area (Å²) in [6, 6.07) is 15.3. The Labute approximate surface area is 226 Å². The molecule has 2 aromatic carbocycles. The average molecular weight is 529 g/mol. The first-order valence-corrected chi connectivity index (χ1v) is 13.1. The summed E-state index contributed by atoms with van der Waals surface area (Å²) < 4.78 is 6.08. The van der Waals surface area contributed by atoms with Crippen molar-refractivity contribution >= 4 is 45.0 Å². The molecule has 0 bridgehead atoms. The predicted octanol–water partition coefficient (Wildman–Crippen LogP) is 4.38. The summed E-state index contributed by atoms with van der Waals surface area (Å²) in [5, 5.41) is 16.0. The lowest BCUT2D eigenvalue weighted by Crippen LogP contribution is -2.52. The molecule has 1 saturated heterocycles. The van der Waals surface area contributed by atoms with E-state index in [9.17, 15) is 4.79 Å². The van der Waals surface area contributed by atoms with Gasteiger partial charge in [-0.1, -0.05) is 23.7 Å². The summed E-state index contributed by atoms with van der Waals surface area (Å²) in [5.74, 6) is 0.405. The minimum absolute atomic E-state index is 0.166. The first-order valence-electron chi connectivity index (χ1n) is 12.7. The van der Waals surface area contributed by atoms with Gasteiger partial charge in [0.2, 0.25) is 5.91 Å². The Morgan fingerprint density at radius 1 is 1.13 bits per heavy atom. The molecule has 0 unspecified atom stereocenters. The Morgan fingerprint density at radius 3 is 2.79 bits per heavy atom. The number of fused-ring (bicyclic) bond motifs is 3. The summed E-state index contributed by atoms with van der Waals surface area (Å²) in [4.78, 5) is 23.1. The molecule has 1 aliphatic rings. The highest BCUT2D eigenvalue weighted by Crippen LogP contribution is 2.33. The minimum Gasteiger partial charge on any atom is -0.375 e. The third-order valence-corrected chi connectivity index (χ3v) is 6.96. The number of benzene rings is 2. The lowest BCUT2D eigenvalue weighted by atomic mass is 10.0. The van der Waals surface area contributed by atoms with Gasteiger partial charge < -0.3 is 20.7 Å². The van der Waals surface area contributed by atoms with Gasteiger partial charge >= 0.3 is 0 Å². The number of nitrogens with two attached hydrogens (primary N) is 1. The number of hydrogen-bond donors (Lipinski definition) is 2. The van der Waals surface area contributed by atoms with Crippen LogP contribution in [-0.4, -0.2) is 48.2 Å². The van der Waals surface area contributed by atoms with Crippen LogP contribution in [0.1, 0.15) is 34.3 Å². The Bertz CT molecular complexity index is 1510. The van der Waals surface area contributed by atoms with E-state index in [2.05, 4.69) is 21.3 Å². The van der Waals surface area contributed by atoms with E-state index in [1.807, 2.05) is 36.5 Å². The number of primary amides is 1. The van der Waals surface area contributed by atoms with E-state index in [4.69, 9.17) is 32.3 Å². The van der Waals surface area contributed by atoms with Crippen LogP contribution >= 0.6 is 11.6 Å². The van der Waals surface area contributed by atoms with Crippen LogP contribution in [0.4, 0.5) is 5.82 Å². The number of nitrogens with one attached hydrogen (secondary N) is 1. The number of ether oxygens (including phenoxy) is 1. The third-order valence-electron chi connectivity index (χ3n) is 6.74. The SMILES string of the molecule is N#CCc1cc(Cl)cc(CNCCCCOC2CN(c3nc4cc(C(N)=O)ccc4c4cnccc34)C2)c1. The van der Waals surface area contributed by atoms with Crippen LogP contribution in [0.15, 0.2) is 54.9 Å². The van der Waals surface area contributed by atoms with E-state index in [1.165, 1.54) is 0 Å². The van der Waals surface area contributed by atoms with Crippen molar-refractivity contribution in [3.05, 3.63) is 76.6 Å². The van der Waals surface area contributed by atoms with E-state index >= 15 is 0 Å². The van der Waals surface area contributed by atoms with E-state index in [-0.39, 0.29) is 6.10 Å². The molecular weight excluding hydrogens is 500 g/mol. The maximum absolute atomic E-state index is 11.7. The quantitative estimate of drug-likeness (QED) is 0.219. The maximum atomic E-state index is 11.7. The van der Waals surface area contributed by atoms with Crippen molar-refractivity contribution < 1.29 is 9.53 Å². The Kier molecular flexibility index (Phi) is 7.99. The van der Waals surface area contributed by atoms with Crippen molar-refractivity contribution in [1.29, 1.82) is 5.26 Å². The number of halogens is 1. The van der Waals surface area contributed by atoms with Gasteiger partial charge in [-0.3, -0.25) is 9.78 Å². The molecule has 0 radical (unpaired) electrons. The van der Waals surface area contributed by atoms with Crippen molar-refractivity contribution in [1.82, 2.24) is 15.3 Å². The number of carbonyl (C=O) groups excluding carboxylic acids is 1. The zero-order valence-corrected chi connectivity index (χ0v) is 21.7. The van der Waals surface area contributed by atoms with Gasteiger partial charge in [0, 0.05) is 65.4 Å². The van der Waals surface area contributed by atoms with Gasteiger partial charge in [-0.15, -0.1) is 0 Å². The number of hydrogen-bond acceptors (Lipinski definition) is 7. The fourth-order valence-electron chi connectivity index (χ4n) is 4.79. The van der Waals surface area contributed by atoms with Gasteiger partial charge in [0.05, 0.1) is 24.1 Å². The third kappa shape index (κ3) is 5.86. The van der Waals surface area contributed by atoms with Crippen molar-refractivity contribution in [2.45, 2.75) is 31.9 Å². The molecule has 194 valence electrons. The van der Waals surface area contributed by atoms with Crippen molar-refractivity contribution in [3.8, 4) is 6.07 Å². The first-order chi connectivity index (χ1) is 18.5. The standard InChI is InChI=1S/C29H29ClN6O2/c30-22-12-19(5-7-31)11-20(13-22)15-33-8-1-2-10-38-23-17-36(18-23)29-25-6-9-34-16-26(25)24-4-3-21(28(32)37)14-27(24)35-29/h3-4,6,9,11-14,16,23,33H,1-2,5,8,10,15,17-18H2,(H2,32,37). The minimum atomic E-state index is -0.469. The Balaban J connectivity index is 1.09. The number of amides is 1. The van der Waals surface area contributed by atoms with Gasteiger partial charge in [-0.25, -0.2) is 4.98 Å². The van der Waals surface area contributed by atoms with E-state index in [0.717, 1.165) is 77.6 Å². The summed E-state index contributed by atoms with van der Waals surface area (Å²) in [6.45, 7) is 3.85. The highest BCUT2D eigenvalue weighted by atomic mass is 35.5. The van der Waals surface area contributed by atoms with Crippen LogP contribution in [-0.2, 0) is 17.7 Å². The monoisotopic (exact) mass is 528 g/mol. The van der Waals surface area contributed by atoms with Gasteiger partial charge in [-0.05, 0) is 60.8 Å². The topological polar surface area (TPSA) is 117 Å². The van der Waals surface area contributed by atoms with Crippen LogP contribution in [0.2, 0.25) is 5.02 Å². The molecule has 3 N–H and O–H groups in total. The summed E-state index contributed by atoms with van der Waals surface area (Å²) in [6.07, 6.45) is 6.12.